The number of amides is 1. The summed E-state index contributed by atoms with van der Waals surface area (Å²) in [6, 6.07) is 9.66. The van der Waals surface area contributed by atoms with Gasteiger partial charge >= 0.3 is 5.97 Å². The molecule has 0 spiro atoms. The number of hydrogen-bond donors (Lipinski definition) is 1. The van der Waals surface area contributed by atoms with Crippen LogP contribution in [0.1, 0.15) is 28.4 Å². The summed E-state index contributed by atoms with van der Waals surface area (Å²) in [6.45, 7) is 0. The number of esters is 1. The third-order valence-electron chi connectivity index (χ3n) is 3.58. The summed E-state index contributed by atoms with van der Waals surface area (Å²) < 4.78 is 23.3. The minimum atomic E-state index is -0.662. The summed E-state index contributed by atoms with van der Waals surface area (Å²) in [5.41, 5.74) is 0.699. The molecule has 0 saturated carbocycles. The number of hydrogen-bond acceptors (Lipinski definition) is 4. The molecule has 1 N–H and O–H groups in total. The lowest BCUT2D eigenvalue weighted by atomic mass is 10.0. The Morgan fingerprint density at radius 1 is 1.16 bits per heavy atom. The average molecular weight is 366 g/mol. The zero-order chi connectivity index (χ0) is 18.4. The number of halogens is 2. The quantitative estimate of drug-likeness (QED) is 0.795. The average Bonchev–Trinajstić information content (AvgIpc) is 2.61. The number of benzene rings is 2. The summed E-state index contributed by atoms with van der Waals surface area (Å²) in [7, 11) is 2.65. The van der Waals surface area contributed by atoms with Gasteiger partial charge in [-0.15, -0.1) is 0 Å². The number of carbonyl (C=O) groups excluding carboxylic acids is 2. The first-order chi connectivity index (χ1) is 11.9. The number of rotatable bonds is 6. The van der Waals surface area contributed by atoms with E-state index in [2.05, 4.69) is 10.1 Å². The van der Waals surface area contributed by atoms with Gasteiger partial charge in [0.1, 0.15) is 11.6 Å². The Morgan fingerprint density at radius 3 is 2.44 bits per heavy atom. The monoisotopic (exact) mass is 365 g/mol. The van der Waals surface area contributed by atoms with Gasteiger partial charge in [0.25, 0.3) is 5.91 Å². The molecule has 0 bridgehead atoms. The van der Waals surface area contributed by atoms with Crippen LogP contribution in [0.25, 0.3) is 0 Å². The van der Waals surface area contributed by atoms with Gasteiger partial charge in [-0.2, -0.15) is 0 Å². The highest BCUT2D eigenvalue weighted by molar-refractivity contribution is 6.30. The predicted molar refractivity (Wildman–Crippen MR) is 91.2 cm³/mol. The van der Waals surface area contributed by atoms with E-state index in [-0.39, 0.29) is 17.7 Å². The standard InChI is InChI=1S/C18H17ClFNO4/c1-24-16-8-7-13(20)9-14(16)18(23)21-15(10-17(22)25-2)11-3-5-12(19)6-4-11/h3-9,15H,10H2,1-2H3,(H,21,23). The third-order valence-corrected chi connectivity index (χ3v) is 3.83. The predicted octanol–water partition coefficient (Wildman–Crippen LogP) is 3.52. The fraction of sp³-hybridized carbons (Fsp3) is 0.222. The van der Waals surface area contributed by atoms with Gasteiger partial charge in [0.2, 0.25) is 0 Å². The molecule has 132 valence electrons. The van der Waals surface area contributed by atoms with E-state index in [9.17, 15) is 14.0 Å². The molecule has 0 aliphatic rings. The van der Waals surface area contributed by atoms with Crippen molar-refractivity contribution in [2.75, 3.05) is 14.2 Å². The maximum Gasteiger partial charge on any atom is 0.307 e. The zero-order valence-electron chi connectivity index (χ0n) is 13.7. The number of nitrogens with one attached hydrogen (secondary N) is 1. The first-order valence-electron chi connectivity index (χ1n) is 7.41. The van der Waals surface area contributed by atoms with Crippen LogP contribution in [0.5, 0.6) is 5.75 Å². The Kier molecular flexibility index (Phi) is 6.36. The van der Waals surface area contributed by atoms with Crippen LogP contribution in [0.3, 0.4) is 0 Å². The highest BCUT2D eigenvalue weighted by atomic mass is 35.5. The lowest BCUT2D eigenvalue weighted by Crippen LogP contribution is -2.30. The molecular formula is C18H17ClFNO4. The maximum absolute atomic E-state index is 13.5. The Labute approximate surface area is 149 Å². The van der Waals surface area contributed by atoms with Crippen molar-refractivity contribution >= 4 is 23.5 Å². The number of carbonyl (C=O) groups is 2. The van der Waals surface area contributed by atoms with Crippen molar-refractivity contribution in [3.8, 4) is 5.75 Å². The highest BCUT2D eigenvalue weighted by Crippen LogP contribution is 2.23. The van der Waals surface area contributed by atoms with E-state index in [0.29, 0.717) is 10.6 Å². The van der Waals surface area contributed by atoms with Gasteiger partial charge in [0.05, 0.1) is 32.2 Å². The van der Waals surface area contributed by atoms with Gasteiger partial charge in [-0.05, 0) is 35.9 Å². The molecule has 1 unspecified atom stereocenters. The second-order valence-corrected chi connectivity index (χ2v) is 5.64. The molecule has 7 heteroatoms. The largest absolute Gasteiger partial charge is 0.496 e. The molecule has 0 aliphatic carbocycles. The minimum absolute atomic E-state index is 0.0336. The molecule has 25 heavy (non-hydrogen) atoms. The first-order valence-corrected chi connectivity index (χ1v) is 7.79. The van der Waals surface area contributed by atoms with Gasteiger partial charge in [0, 0.05) is 5.02 Å². The van der Waals surface area contributed by atoms with Crippen molar-refractivity contribution in [2.24, 2.45) is 0 Å². The van der Waals surface area contributed by atoms with Crippen LogP contribution >= 0.6 is 11.6 Å². The second kappa shape index (κ2) is 8.48. The minimum Gasteiger partial charge on any atom is -0.496 e. The zero-order valence-corrected chi connectivity index (χ0v) is 14.5. The van der Waals surface area contributed by atoms with Crippen LogP contribution < -0.4 is 10.1 Å². The van der Waals surface area contributed by atoms with Gasteiger partial charge in [-0.25, -0.2) is 4.39 Å². The summed E-state index contributed by atoms with van der Waals surface area (Å²) in [4.78, 5) is 24.2. The fourth-order valence-corrected chi connectivity index (χ4v) is 2.42. The van der Waals surface area contributed by atoms with E-state index in [4.69, 9.17) is 16.3 Å². The molecule has 0 radical (unpaired) electrons. The van der Waals surface area contributed by atoms with Crippen LogP contribution in [0.15, 0.2) is 42.5 Å². The van der Waals surface area contributed by atoms with Gasteiger partial charge in [-0.1, -0.05) is 23.7 Å². The van der Waals surface area contributed by atoms with Crippen molar-refractivity contribution in [1.82, 2.24) is 5.32 Å². The van der Waals surface area contributed by atoms with Crippen LogP contribution in [0.2, 0.25) is 5.02 Å². The van der Waals surface area contributed by atoms with Crippen LogP contribution in [0, 0.1) is 5.82 Å². The molecule has 0 saturated heterocycles. The van der Waals surface area contributed by atoms with Gasteiger partial charge < -0.3 is 14.8 Å². The van der Waals surface area contributed by atoms with E-state index >= 15 is 0 Å². The van der Waals surface area contributed by atoms with E-state index in [1.807, 2.05) is 0 Å². The molecule has 0 aliphatic heterocycles. The van der Waals surface area contributed by atoms with Crippen LogP contribution in [-0.2, 0) is 9.53 Å². The molecule has 2 aromatic rings. The molecule has 2 aromatic carbocycles. The van der Waals surface area contributed by atoms with Crippen molar-refractivity contribution < 1.29 is 23.5 Å². The van der Waals surface area contributed by atoms with Crippen LogP contribution in [-0.4, -0.2) is 26.1 Å². The number of methoxy groups -OCH3 is 2. The smallest absolute Gasteiger partial charge is 0.307 e. The molecule has 0 aromatic heterocycles. The third kappa shape index (κ3) is 4.93. The lowest BCUT2D eigenvalue weighted by molar-refractivity contribution is -0.141. The topological polar surface area (TPSA) is 64.6 Å². The molecule has 1 amide bonds. The Morgan fingerprint density at radius 2 is 1.84 bits per heavy atom. The fourth-order valence-electron chi connectivity index (χ4n) is 2.29. The van der Waals surface area contributed by atoms with Crippen molar-refractivity contribution in [2.45, 2.75) is 12.5 Å². The van der Waals surface area contributed by atoms with E-state index in [1.54, 1.807) is 24.3 Å². The van der Waals surface area contributed by atoms with E-state index in [0.717, 1.165) is 6.07 Å². The van der Waals surface area contributed by atoms with Gasteiger partial charge in [-0.3, -0.25) is 9.59 Å². The van der Waals surface area contributed by atoms with Crippen molar-refractivity contribution in [1.29, 1.82) is 0 Å². The van der Waals surface area contributed by atoms with E-state index in [1.165, 1.54) is 26.4 Å². The molecule has 0 heterocycles. The molecule has 0 fully saturated rings. The SMILES string of the molecule is COC(=O)CC(NC(=O)c1cc(F)ccc1OC)c1ccc(Cl)cc1. The summed E-state index contributed by atoms with van der Waals surface area (Å²) >= 11 is 5.87. The maximum atomic E-state index is 13.5. The van der Waals surface area contributed by atoms with Crippen LogP contribution in [0.4, 0.5) is 4.39 Å². The van der Waals surface area contributed by atoms with Gasteiger partial charge in [0.15, 0.2) is 0 Å². The first kappa shape index (κ1) is 18.7. The number of ether oxygens (including phenoxy) is 2. The molecule has 5 nitrogen and oxygen atoms in total. The Bertz CT molecular complexity index is 764. The van der Waals surface area contributed by atoms with E-state index < -0.39 is 23.7 Å². The van der Waals surface area contributed by atoms with Crippen molar-refractivity contribution in [3.05, 3.63) is 64.4 Å². The Hall–Kier alpha value is -2.60. The summed E-state index contributed by atoms with van der Waals surface area (Å²) in [5.74, 6) is -1.40. The summed E-state index contributed by atoms with van der Waals surface area (Å²) in [6.07, 6.45) is -0.0818. The molecule has 1 atom stereocenters. The lowest BCUT2D eigenvalue weighted by Gasteiger charge is -2.19. The summed E-state index contributed by atoms with van der Waals surface area (Å²) in [5, 5.41) is 3.23. The van der Waals surface area contributed by atoms with Crippen molar-refractivity contribution in [3.63, 3.8) is 0 Å². The Balaban J connectivity index is 2.29. The molecular weight excluding hydrogens is 349 g/mol. The second-order valence-electron chi connectivity index (χ2n) is 5.20. The highest BCUT2D eigenvalue weighted by Gasteiger charge is 2.22. The normalized spacial score (nSPS) is 11.5. The molecule has 2 rings (SSSR count).